The molecule has 0 fully saturated rings. The van der Waals surface area contributed by atoms with Crippen LogP contribution < -0.4 is 10.3 Å². The van der Waals surface area contributed by atoms with E-state index in [4.69, 9.17) is 9.47 Å². The van der Waals surface area contributed by atoms with E-state index in [1.807, 2.05) is 0 Å². The van der Waals surface area contributed by atoms with E-state index < -0.39 is 23.2 Å². The number of aromatic amines is 1. The van der Waals surface area contributed by atoms with Crippen LogP contribution in [0.1, 0.15) is 21.6 Å². The Labute approximate surface area is 173 Å². The van der Waals surface area contributed by atoms with Gasteiger partial charge in [0.25, 0.3) is 5.56 Å². The molecule has 1 heterocycles. The van der Waals surface area contributed by atoms with Gasteiger partial charge in [-0.3, -0.25) is 4.79 Å². The molecule has 0 radical (unpaired) electrons. The molecule has 3 aromatic rings. The lowest BCUT2D eigenvalue weighted by Crippen LogP contribution is -2.13. The van der Waals surface area contributed by atoms with Gasteiger partial charge in [-0.25, -0.2) is 13.6 Å². The number of benzene rings is 2. The normalized spacial score (nSPS) is 10.7. The van der Waals surface area contributed by atoms with Gasteiger partial charge in [-0.2, -0.15) is 0 Å². The number of pyridine rings is 1. The minimum Gasteiger partial charge on any atom is -0.487 e. The summed E-state index contributed by atoms with van der Waals surface area (Å²) in [7, 11) is 1.28. The highest BCUT2D eigenvalue weighted by molar-refractivity contribution is 9.10. The summed E-state index contributed by atoms with van der Waals surface area (Å²) in [6, 6.07) is 9.77. The number of ether oxygens (including phenoxy) is 2. The SMILES string of the molecule is COC(=O)c1cccc(-c2c(C)[nH]c(=O)c(Br)c2OCc2ccc(F)cc2F)c1. The molecule has 3 rings (SSSR count). The lowest BCUT2D eigenvalue weighted by molar-refractivity contribution is 0.0600. The van der Waals surface area contributed by atoms with Crippen molar-refractivity contribution >= 4 is 21.9 Å². The van der Waals surface area contributed by atoms with Crippen molar-refractivity contribution in [2.75, 3.05) is 7.11 Å². The van der Waals surface area contributed by atoms with Gasteiger partial charge in [0.1, 0.15) is 28.5 Å². The van der Waals surface area contributed by atoms with E-state index in [1.54, 1.807) is 31.2 Å². The highest BCUT2D eigenvalue weighted by Crippen LogP contribution is 2.37. The number of halogens is 3. The Kier molecular flexibility index (Phi) is 6.12. The topological polar surface area (TPSA) is 68.4 Å². The molecule has 8 heteroatoms. The van der Waals surface area contributed by atoms with Gasteiger partial charge in [-0.15, -0.1) is 0 Å². The number of carbonyl (C=O) groups is 1. The second-order valence-corrected chi connectivity index (χ2v) is 6.99. The zero-order valence-electron chi connectivity index (χ0n) is 15.5. The maximum absolute atomic E-state index is 14.0. The van der Waals surface area contributed by atoms with Crippen LogP contribution in [0.2, 0.25) is 0 Å². The van der Waals surface area contributed by atoms with Gasteiger partial charge in [-0.05, 0) is 52.7 Å². The molecular formula is C21H16BrF2NO4. The Morgan fingerprint density at radius 1 is 1.17 bits per heavy atom. The maximum Gasteiger partial charge on any atom is 0.337 e. The van der Waals surface area contributed by atoms with E-state index in [2.05, 4.69) is 20.9 Å². The molecule has 1 N–H and O–H groups in total. The van der Waals surface area contributed by atoms with Crippen LogP contribution in [0.15, 0.2) is 51.7 Å². The third kappa shape index (κ3) is 4.37. The van der Waals surface area contributed by atoms with Crippen molar-refractivity contribution in [3.8, 4) is 16.9 Å². The third-order valence-electron chi connectivity index (χ3n) is 4.26. The quantitative estimate of drug-likeness (QED) is 0.554. The molecule has 0 bridgehead atoms. The van der Waals surface area contributed by atoms with E-state index in [-0.39, 0.29) is 22.4 Å². The fourth-order valence-electron chi connectivity index (χ4n) is 2.86. The molecule has 0 aliphatic carbocycles. The highest BCUT2D eigenvalue weighted by atomic mass is 79.9. The van der Waals surface area contributed by atoms with Crippen LogP contribution >= 0.6 is 15.9 Å². The number of nitrogens with one attached hydrogen (secondary N) is 1. The first-order valence-electron chi connectivity index (χ1n) is 8.49. The second-order valence-electron chi connectivity index (χ2n) is 6.19. The summed E-state index contributed by atoms with van der Waals surface area (Å²) in [4.78, 5) is 26.8. The third-order valence-corrected chi connectivity index (χ3v) is 4.98. The molecule has 29 heavy (non-hydrogen) atoms. The van der Waals surface area contributed by atoms with E-state index >= 15 is 0 Å². The van der Waals surface area contributed by atoms with Gasteiger partial charge in [0, 0.05) is 22.9 Å². The summed E-state index contributed by atoms with van der Waals surface area (Å²) < 4.78 is 37.7. The molecule has 150 valence electrons. The number of H-pyrrole nitrogens is 1. The van der Waals surface area contributed by atoms with Crippen LogP contribution in [-0.2, 0) is 11.3 Å². The molecule has 0 amide bonds. The van der Waals surface area contributed by atoms with Crippen molar-refractivity contribution in [3.05, 3.63) is 85.7 Å². The Bertz CT molecular complexity index is 1140. The van der Waals surface area contributed by atoms with Crippen molar-refractivity contribution in [1.82, 2.24) is 4.98 Å². The first kappa shape index (κ1) is 20.7. The van der Waals surface area contributed by atoms with E-state index in [0.29, 0.717) is 22.4 Å². The van der Waals surface area contributed by atoms with Gasteiger partial charge in [0.05, 0.1) is 12.7 Å². The van der Waals surface area contributed by atoms with E-state index in [9.17, 15) is 18.4 Å². The van der Waals surface area contributed by atoms with Crippen LogP contribution in [0, 0.1) is 18.6 Å². The number of hydrogen-bond donors (Lipinski definition) is 1. The van der Waals surface area contributed by atoms with Gasteiger partial charge >= 0.3 is 5.97 Å². The molecule has 0 spiro atoms. The van der Waals surface area contributed by atoms with Crippen LogP contribution in [0.25, 0.3) is 11.1 Å². The fraction of sp³-hybridized carbons (Fsp3) is 0.143. The molecule has 0 atom stereocenters. The van der Waals surface area contributed by atoms with Crippen molar-refractivity contribution < 1.29 is 23.0 Å². The predicted molar refractivity (Wildman–Crippen MR) is 107 cm³/mol. The highest BCUT2D eigenvalue weighted by Gasteiger charge is 2.19. The molecule has 5 nitrogen and oxygen atoms in total. The Balaban J connectivity index is 2.08. The first-order chi connectivity index (χ1) is 13.8. The van der Waals surface area contributed by atoms with Gasteiger partial charge in [-0.1, -0.05) is 12.1 Å². The zero-order valence-corrected chi connectivity index (χ0v) is 17.1. The van der Waals surface area contributed by atoms with Gasteiger partial charge < -0.3 is 14.5 Å². The van der Waals surface area contributed by atoms with Crippen molar-refractivity contribution in [2.24, 2.45) is 0 Å². The monoisotopic (exact) mass is 463 g/mol. The van der Waals surface area contributed by atoms with Crippen LogP contribution in [0.5, 0.6) is 5.75 Å². The second kappa shape index (κ2) is 8.57. The minimum atomic E-state index is -0.753. The maximum atomic E-state index is 14.0. The molecule has 2 aromatic carbocycles. The molecule has 0 aliphatic heterocycles. The molecule has 0 saturated carbocycles. The van der Waals surface area contributed by atoms with Gasteiger partial charge in [0.15, 0.2) is 0 Å². The lowest BCUT2D eigenvalue weighted by atomic mass is 10.0. The molecular weight excluding hydrogens is 448 g/mol. The summed E-state index contributed by atoms with van der Waals surface area (Å²) in [5, 5.41) is 0. The largest absolute Gasteiger partial charge is 0.487 e. The predicted octanol–water partition coefficient (Wildman–Crippen LogP) is 4.76. The lowest BCUT2D eigenvalue weighted by Gasteiger charge is -2.16. The summed E-state index contributed by atoms with van der Waals surface area (Å²) in [5.41, 5.74) is 1.63. The summed E-state index contributed by atoms with van der Waals surface area (Å²) >= 11 is 3.21. The van der Waals surface area contributed by atoms with Crippen LogP contribution in [-0.4, -0.2) is 18.1 Å². The number of hydrogen-bond acceptors (Lipinski definition) is 4. The van der Waals surface area contributed by atoms with Gasteiger partial charge in [0.2, 0.25) is 0 Å². The summed E-state index contributed by atoms with van der Waals surface area (Å²) in [5.74, 6) is -1.78. The Hall–Kier alpha value is -3.00. The van der Waals surface area contributed by atoms with Crippen molar-refractivity contribution in [2.45, 2.75) is 13.5 Å². The molecule has 0 aliphatic rings. The molecule has 0 saturated heterocycles. The number of methoxy groups -OCH3 is 1. The summed E-state index contributed by atoms with van der Waals surface area (Å²) in [6.45, 7) is 1.45. The number of carbonyl (C=O) groups excluding carboxylic acids is 1. The summed E-state index contributed by atoms with van der Waals surface area (Å²) in [6.07, 6.45) is 0. The first-order valence-corrected chi connectivity index (χ1v) is 9.29. The van der Waals surface area contributed by atoms with Crippen molar-refractivity contribution in [1.29, 1.82) is 0 Å². The molecule has 0 unspecified atom stereocenters. The average Bonchev–Trinajstić information content (AvgIpc) is 2.70. The smallest absolute Gasteiger partial charge is 0.337 e. The van der Waals surface area contributed by atoms with E-state index in [0.717, 1.165) is 12.1 Å². The fourth-order valence-corrected chi connectivity index (χ4v) is 3.27. The molecule has 1 aromatic heterocycles. The average molecular weight is 464 g/mol. The number of aryl methyl sites for hydroxylation is 1. The zero-order chi connectivity index (χ0) is 21.1. The van der Waals surface area contributed by atoms with E-state index in [1.165, 1.54) is 13.2 Å². The van der Waals surface area contributed by atoms with Crippen molar-refractivity contribution in [3.63, 3.8) is 0 Å². The standard InChI is InChI=1S/C21H16BrF2NO4/c1-11-17(12-4-3-5-13(8-12)21(27)28-2)19(18(22)20(26)25-11)29-10-14-6-7-15(23)9-16(14)24/h3-9H,10H2,1-2H3,(H,25,26). The Morgan fingerprint density at radius 3 is 2.62 bits per heavy atom. The number of aromatic nitrogens is 1. The number of rotatable bonds is 5. The van der Waals surface area contributed by atoms with Crippen LogP contribution in [0.3, 0.4) is 0 Å². The number of esters is 1. The Morgan fingerprint density at radius 2 is 1.93 bits per heavy atom. The minimum absolute atomic E-state index is 0.115. The van der Waals surface area contributed by atoms with Crippen LogP contribution in [0.4, 0.5) is 8.78 Å².